The van der Waals surface area contributed by atoms with Gasteiger partial charge < -0.3 is 0 Å². The fraction of sp³-hybridized carbons (Fsp3) is 0.615. The molecule has 0 radical (unpaired) electrons. The molecule has 0 bridgehead atoms. The normalized spacial score (nSPS) is 15.8. The van der Waals surface area contributed by atoms with Gasteiger partial charge in [-0.3, -0.25) is 0 Å². The van der Waals surface area contributed by atoms with E-state index in [1.807, 2.05) is 0 Å². The Morgan fingerprint density at radius 1 is 0.731 bits per heavy atom. The quantitative estimate of drug-likeness (QED) is 0.306. The van der Waals surface area contributed by atoms with Gasteiger partial charge in [0.1, 0.15) is 0 Å². The molecule has 0 heteroatoms. The van der Waals surface area contributed by atoms with Crippen LogP contribution < -0.4 is 0 Å². The predicted octanol–water partition coefficient (Wildman–Crippen LogP) is 8.84. The first-order chi connectivity index (χ1) is 12.2. The zero-order valence-corrected chi connectivity index (χ0v) is 18.9. The fourth-order valence-corrected chi connectivity index (χ4v) is 3.41. The molecule has 0 aromatic rings. The highest BCUT2D eigenvalue weighted by Gasteiger charge is 2.19. The van der Waals surface area contributed by atoms with Gasteiger partial charge in [0.25, 0.3) is 0 Å². The first kappa shape index (κ1) is 24.7. The van der Waals surface area contributed by atoms with E-state index in [1.165, 1.54) is 41.6 Å². The molecule has 0 aliphatic carbocycles. The molecule has 26 heavy (non-hydrogen) atoms. The van der Waals surface area contributed by atoms with Crippen molar-refractivity contribution in [2.45, 2.75) is 87.5 Å². The summed E-state index contributed by atoms with van der Waals surface area (Å²) in [4.78, 5) is 0. The van der Waals surface area contributed by atoms with E-state index in [0.29, 0.717) is 17.8 Å². The van der Waals surface area contributed by atoms with Crippen LogP contribution in [-0.2, 0) is 0 Å². The summed E-state index contributed by atoms with van der Waals surface area (Å²) in [5.41, 5.74) is 5.87. The molecule has 3 unspecified atom stereocenters. The SMILES string of the molecule is C=CC(C)C(C/C=C(\C)CC/C=C(\C)CCC=C(C)C)C(C)C=C(C)C. The van der Waals surface area contributed by atoms with E-state index in [1.54, 1.807) is 0 Å². The van der Waals surface area contributed by atoms with Crippen molar-refractivity contribution in [1.29, 1.82) is 0 Å². The van der Waals surface area contributed by atoms with Crippen LogP contribution in [0.15, 0.2) is 59.3 Å². The molecule has 0 N–H and O–H groups in total. The van der Waals surface area contributed by atoms with Crippen LogP contribution in [0.1, 0.15) is 87.5 Å². The molecule has 0 rings (SSSR count). The molecular formula is C26H44. The maximum Gasteiger partial charge on any atom is -0.0223 e. The van der Waals surface area contributed by atoms with Gasteiger partial charge in [0.15, 0.2) is 0 Å². The summed E-state index contributed by atoms with van der Waals surface area (Å²) in [5, 5.41) is 0. The molecule has 0 aromatic heterocycles. The lowest BCUT2D eigenvalue weighted by atomic mass is 9.80. The van der Waals surface area contributed by atoms with Crippen LogP contribution in [0.3, 0.4) is 0 Å². The molecule has 0 saturated heterocycles. The van der Waals surface area contributed by atoms with Gasteiger partial charge in [0.2, 0.25) is 0 Å². The van der Waals surface area contributed by atoms with Gasteiger partial charge in [-0.1, -0.05) is 66.5 Å². The highest BCUT2D eigenvalue weighted by Crippen LogP contribution is 2.28. The third-order valence-corrected chi connectivity index (χ3v) is 5.18. The minimum atomic E-state index is 0.543. The van der Waals surface area contributed by atoms with Gasteiger partial charge in [0.05, 0.1) is 0 Å². The second-order valence-electron chi connectivity index (χ2n) is 8.56. The van der Waals surface area contributed by atoms with Gasteiger partial charge >= 0.3 is 0 Å². The second kappa shape index (κ2) is 13.8. The Kier molecular flexibility index (Phi) is 13.2. The van der Waals surface area contributed by atoms with Gasteiger partial charge in [-0.15, -0.1) is 6.58 Å². The van der Waals surface area contributed by atoms with Crippen molar-refractivity contribution >= 4 is 0 Å². The monoisotopic (exact) mass is 356 g/mol. The van der Waals surface area contributed by atoms with Crippen molar-refractivity contribution in [3.05, 3.63) is 59.3 Å². The molecule has 0 aliphatic rings. The standard InChI is InChI=1S/C26H44/c1-10-24(8)26(25(9)19-21(4)5)18-17-23(7)16-12-15-22(6)14-11-13-20(2)3/h10,13,15,17,19,24-26H,1,11-12,14,16,18H2,2-9H3/b22-15+,23-17+. The van der Waals surface area contributed by atoms with E-state index >= 15 is 0 Å². The number of hydrogen-bond acceptors (Lipinski definition) is 0. The summed E-state index contributed by atoms with van der Waals surface area (Å²) >= 11 is 0. The third-order valence-electron chi connectivity index (χ3n) is 5.18. The first-order valence-corrected chi connectivity index (χ1v) is 10.4. The van der Waals surface area contributed by atoms with Crippen molar-refractivity contribution < 1.29 is 0 Å². The largest absolute Gasteiger partial charge is 0.103 e. The predicted molar refractivity (Wildman–Crippen MR) is 121 cm³/mol. The Hall–Kier alpha value is -1.30. The van der Waals surface area contributed by atoms with Crippen LogP contribution in [0.25, 0.3) is 0 Å². The average molecular weight is 357 g/mol. The lowest BCUT2D eigenvalue weighted by Crippen LogP contribution is -2.16. The first-order valence-electron chi connectivity index (χ1n) is 10.4. The Morgan fingerprint density at radius 3 is 1.77 bits per heavy atom. The molecule has 0 aliphatic heterocycles. The molecular weight excluding hydrogens is 312 g/mol. The van der Waals surface area contributed by atoms with Crippen LogP contribution in [0.4, 0.5) is 0 Å². The van der Waals surface area contributed by atoms with Crippen LogP contribution >= 0.6 is 0 Å². The molecule has 0 heterocycles. The smallest absolute Gasteiger partial charge is 0.0223 e. The minimum absolute atomic E-state index is 0.543. The molecule has 0 aromatic carbocycles. The summed E-state index contributed by atoms with van der Waals surface area (Å²) in [6.45, 7) is 22.0. The van der Waals surface area contributed by atoms with Gasteiger partial charge in [0, 0.05) is 0 Å². The molecule has 0 amide bonds. The van der Waals surface area contributed by atoms with Gasteiger partial charge in [-0.2, -0.15) is 0 Å². The van der Waals surface area contributed by atoms with Crippen molar-refractivity contribution in [3.63, 3.8) is 0 Å². The lowest BCUT2D eigenvalue weighted by molar-refractivity contribution is 0.341. The Bertz CT molecular complexity index is 516. The molecule has 3 atom stereocenters. The summed E-state index contributed by atoms with van der Waals surface area (Å²) in [7, 11) is 0. The van der Waals surface area contributed by atoms with E-state index in [-0.39, 0.29) is 0 Å². The van der Waals surface area contributed by atoms with Gasteiger partial charge in [-0.05, 0) is 91.4 Å². The maximum atomic E-state index is 4.02. The summed E-state index contributed by atoms with van der Waals surface area (Å²) in [6.07, 6.45) is 17.6. The minimum Gasteiger partial charge on any atom is -0.103 e. The summed E-state index contributed by atoms with van der Waals surface area (Å²) in [5.74, 6) is 1.77. The Balaban J connectivity index is 4.60. The van der Waals surface area contributed by atoms with Crippen molar-refractivity contribution in [2.75, 3.05) is 0 Å². The van der Waals surface area contributed by atoms with E-state index in [0.717, 1.165) is 12.8 Å². The van der Waals surface area contributed by atoms with Crippen LogP contribution in [0.2, 0.25) is 0 Å². The van der Waals surface area contributed by atoms with Crippen molar-refractivity contribution in [3.8, 4) is 0 Å². The van der Waals surface area contributed by atoms with E-state index < -0.39 is 0 Å². The highest BCUT2D eigenvalue weighted by molar-refractivity contribution is 5.07. The lowest BCUT2D eigenvalue weighted by Gasteiger charge is -2.25. The van der Waals surface area contributed by atoms with Crippen molar-refractivity contribution in [1.82, 2.24) is 0 Å². The molecule has 0 fully saturated rings. The van der Waals surface area contributed by atoms with E-state index in [4.69, 9.17) is 0 Å². The van der Waals surface area contributed by atoms with Gasteiger partial charge in [-0.25, -0.2) is 0 Å². The Morgan fingerprint density at radius 2 is 1.27 bits per heavy atom. The number of hydrogen-bond donors (Lipinski definition) is 0. The molecule has 0 nitrogen and oxygen atoms in total. The highest BCUT2D eigenvalue weighted by atomic mass is 14.2. The topological polar surface area (TPSA) is 0 Å². The maximum absolute atomic E-state index is 4.02. The molecule has 0 saturated carbocycles. The van der Waals surface area contributed by atoms with Crippen LogP contribution in [0.5, 0.6) is 0 Å². The number of rotatable bonds is 12. The second-order valence-corrected chi connectivity index (χ2v) is 8.56. The third kappa shape index (κ3) is 12.1. The zero-order valence-electron chi connectivity index (χ0n) is 18.9. The average Bonchev–Trinajstić information content (AvgIpc) is 2.53. The molecule has 0 spiro atoms. The molecule has 148 valence electrons. The fourth-order valence-electron chi connectivity index (χ4n) is 3.41. The summed E-state index contributed by atoms with van der Waals surface area (Å²) in [6, 6.07) is 0. The van der Waals surface area contributed by atoms with E-state index in [9.17, 15) is 0 Å². The van der Waals surface area contributed by atoms with Crippen LogP contribution in [0, 0.1) is 17.8 Å². The van der Waals surface area contributed by atoms with E-state index in [2.05, 4.69) is 92.3 Å². The summed E-state index contributed by atoms with van der Waals surface area (Å²) < 4.78 is 0. The number of allylic oxidation sites excluding steroid dienone is 9. The van der Waals surface area contributed by atoms with Crippen molar-refractivity contribution in [2.24, 2.45) is 17.8 Å². The Labute approximate surface area is 164 Å². The zero-order chi connectivity index (χ0) is 20.1. The van der Waals surface area contributed by atoms with Crippen LogP contribution in [-0.4, -0.2) is 0 Å².